The van der Waals surface area contributed by atoms with Gasteiger partial charge in [-0.1, -0.05) is 0 Å². The van der Waals surface area contributed by atoms with Gasteiger partial charge in [-0.15, -0.1) is 8.93 Å². The van der Waals surface area contributed by atoms with Crippen LogP contribution in [0.5, 0.6) is 0 Å². The van der Waals surface area contributed by atoms with Gasteiger partial charge in [0.25, 0.3) is 0 Å². The minimum atomic E-state index is -2.22. The van der Waals surface area contributed by atoms with Crippen LogP contribution in [0.4, 0.5) is 4.20 Å². The normalized spacial score (nSPS) is 30.5. The Balaban J connectivity index is 2.99. The van der Waals surface area contributed by atoms with Crippen molar-refractivity contribution < 1.29 is 4.20 Å². The van der Waals surface area contributed by atoms with Crippen molar-refractivity contribution in [3.8, 4) is 0 Å². The molecule has 0 N–H and O–H groups in total. The molecule has 0 aromatic carbocycles. The zero-order chi connectivity index (χ0) is 5.15. The zero-order valence-electron chi connectivity index (χ0n) is 3.85. The van der Waals surface area contributed by atoms with Gasteiger partial charge in [-0.25, -0.2) is 4.20 Å². The molecule has 0 saturated heterocycles. The second kappa shape index (κ2) is 4.22. The van der Waals surface area contributed by atoms with Crippen LogP contribution in [0.1, 0.15) is 0 Å². The Kier molecular flexibility index (Phi) is 2.53. The highest BCUT2D eigenvalue weighted by Crippen LogP contribution is 2.43. The Hall–Kier alpha value is 1.22. The summed E-state index contributed by atoms with van der Waals surface area (Å²) in [5.41, 5.74) is 0. The van der Waals surface area contributed by atoms with Crippen molar-refractivity contribution in [2.75, 3.05) is 0 Å². The summed E-state index contributed by atoms with van der Waals surface area (Å²) in [7, 11) is -1.67. The van der Waals surface area contributed by atoms with Gasteiger partial charge in [0, 0.05) is 0 Å². The smallest absolute Gasteiger partial charge is 0.0991 e. The average molecular weight is 119 g/mol. The fourth-order valence-electron chi connectivity index (χ4n) is 0. The quantitative estimate of drug-likeness (QED) is 0.462. The van der Waals surface area contributed by atoms with Crippen LogP contribution in [0.2, 0.25) is 0 Å². The Morgan fingerprint density at radius 2 is 3.00 bits per heavy atom. The molecule has 0 rings (SSSR count). The van der Waals surface area contributed by atoms with Gasteiger partial charge >= 0.3 is 0 Å². The van der Waals surface area contributed by atoms with E-state index in [1.807, 2.05) is 8.93 Å². The van der Waals surface area contributed by atoms with E-state index in [0.29, 0.717) is 0 Å². The first kappa shape index (κ1) is 2.40. The lowest BCUT2D eigenvalue weighted by atomic mass is 18.9. The highest BCUT2D eigenvalue weighted by Gasteiger charge is 1.59. The second-order valence-electron chi connectivity index (χ2n) is 0.191. The van der Waals surface area contributed by atoms with Gasteiger partial charge in [0.15, 0.2) is 0 Å². The van der Waals surface area contributed by atoms with Crippen molar-refractivity contribution in [1.29, 1.82) is 2.56 Å². The molecule has 3 atom stereocenters. The summed E-state index contributed by atoms with van der Waals surface area (Å²) < 4.78 is 24.2. The Bertz CT molecular complexity index is 29.8. The van der Waals surface area contributed by atoms with Crippen molar-refractivity contribution in [2.24, 2.45) is 0 Å². The molecule has 3 unspecified atom stereocenters. The molecule has 4 heavy (non-hydrogen) atoms. The molecule has 0 aromatic rings. The van der Waals surface area contributed by atoms with Crippen molar-refractivity contribution in [3.63, 3.8) is 0 Å². The zero-order valence-corrected chi connectivity index (χ0v) is 4.79. The van der Waals surface area contributed by atoms with Gasteiger partial charge in [0.1, 0.15) is 0 Å². The lowest BCUT2D eigenvalue weighted by molar-refractivity contribution is 0.936. The highest BCUT2D eigenvalue weighted by molar-refractivity contribution is 8.37. The first-order valence-corrected chi connectivity index (χ1v) is 4.63. The molecule has 0 aliphatic carbocycles. The number of halogens is 1. The van der Waals surface area contributed by atoms with E-state index in [9.17, 15) is 4.20 Å². The monoisotopic (exact) mass is 119 g/mol. The first-order valence-electron chi connectivity index (χ1n) is 1.52. The maximum Gasteiger partial charge on any atom is 0.0991 e. The molecule has 0 spiro atoms. The van der Waals surface area contributed by atoms with E-state index in [-0.39, 0.29) is 0 Å². The van der Waals surface area contributed by atoms with Crippen molar-refractivity contribution in [3.05, 3.63) is 0 Å². The summed E-state index contributed by atoms with van der Waals surface area (Å²) in [6.07, 6.45) is 0. The van der Waals surface area contributed by atoms with E-state index in [4.69, 9.17) is 2.56 Å². The SMILES string of the molecule is [2H]P(P)P([3H])F. The second-order valence-corrected chi connectivity index (χ2v) is 3.80. The molecule has 0 fully saturated rings. The van der Waals surface area contributed by atoms with Crippen LogP contribution in [0.25, 0.3) is 0 Å². The molecule has 0 aromatic heterocycles. The molecule has 0 aliphatic rings. The minimum Gasteiger partial charge on any atom is -0.226 e. The molecule has 0 saturated carbocycles. The summed E-state index contributed by atoms with van der Waals surface area (Å²) in [4.78, 5) is 0. The van der Waals surface area contributed by atoms with Crippen LogP contribution in [0.3, 0.4) is 0 Å². The van der Waals surface area contributed by atoms with Crippen LogP contribution in [-0.2, 0) is 0 Å². The van der Waals surface area contributed by atoms with Crippen molar-refractivity contribution in [1.82, 2.24) is 0 Å². The lowest BCUT2D eigenvalue weighted by Crippen LogP contribution is -0.836. The molecular formula is H4FP3. The molecule has 0 amide bonds. The fourth-order valence-corrected chi connectivity index (χ4v) is 0. The molecule has 0 radical (unpaired) electrons. The lowest BCUT2D eigenvalue weighted by Gasteiger charge is -1.65. The molecule has 0 bridgehead atoms. The Labute approximate surface area is 33.2 Å². The maximum atomic E-state index is 11.4. The van der Waals surface area contributed by atoms with E-state index in [1.165, 1.54) is 0 Å². The van der Waals surface area contributed by atoms with Crippen molar-refractivity contribution in [2.45, 2.75) is 0 Å². The predicted molar refractivity (Wildman–Crippen MR) is 27.4 cm³/mol. The van der Waals surface area contributed by atoms with Gasteiger partial charge in [-0.05, 0) is 7.90 Å². The predicted octanol–water partition coefficient (Wildman–Crippen LogP) is 1.93. The van der Waals surface area contributed by atoms with Gasteiger partial charge < -0.3 is 0 Å². The summed E-state index contributed by atoms with van der Waals surface area (Å²) in [6, 6.07) is 0. The largest absolute Gasteiger partial charge is 0.226 e. The minimum absolute atomic E-state index is 1.43. The van der Waals surface area contributed by atoms with Crippen LogP contribution in [0.15, 0.2) is 0 Å². The average Bonchev–Trinajstić information content (AvgIpc) is 1.36. The molecule has 0 nitrogen and oxygen atoms in total. The van der Waals surface area contributed by atoms with E-state index >= 15 is 0 Å². The van der Waals surface area contributed by atoms with Crippen LogP contribution in [-0.4, -0.2) is 2.56 Å². The standard InChI is InChI=1S/FH4P3/c1-3-4-2/h3-4H,2H2/i3T,4D. The van der Waals surface area contributed by atoms with E-state index < -0.39 is 16.4 Å². The van der Waals surface area contributed by atoms with Crippen LogP contribution >= 0.6 is 25.4 Å². The highest BCUT2D eigenvalue weighted by atomic mass is 32.4. The molecule has 26 valence electrons. The third-order valence-corrected chi connectivity index (χ3v) is 1.18. The summed E-state index contributed by atoms with van der Waals surface area (Å²) in [5.74, 6) is 0. The van der Waals surface area contributed by atoms with E-state index in [2.05, 4.69) is 0 Å². The first-order chi connectivity index (χ1) is 2.64. The van der Waals surface area contributed by atoms with Gasteiger partial charge in [-0.3, -0.25) is 0 Å². The summed E-state index contributed by atoms with van der Waals surface area (Å²) in [5, 5.41) is 0. The summed E-state index contributed by atoms with van der Waals surface area (Å²) >= 11 is 0. The molecule has 0 heterocycles. The maximum absolute atomic E-state index is 11.4. The third-order valence-electron chi connectivity index (χ3n) is 0.0436. The van der Waals surface area contributed by atoms with Crippen molar-refractivity contribution >= 4 is 25.4 Å². The topological polar surface area (TPSA) is 0 Å². The van der Waals surface area contributed by atoms with Gasteiger partial charge in [0.2, 0.25) is 0 Å². The molecule has 0 aliphatic heterocycles. The Morgan fingerprint density at radius 3 is 3.00 bits per heavy atom. The summed E-state index contributed by atoms with van der Waals surface area (Å²) in [6.45, 7) is 0. The van der Waals surface area contributed by atoms with Gasteiger partial charge in [-0.2, -0.15) is 0 Å². The van der Waals surface area contributed by atoms with Gasteiger partial charge in [0.05, 0.1) is 11.1 Å². The van der Waals surface area contributed by atoms with Crippen LogP contribution in [0, 0.1) is 0 Å². The van der Waals surface area contributed by atoms with E-state index in [0.717, 1.165) is 0 Å². The third kappa shape index (κ3) is 3.22. The number of hydrogen-bond acceptors (Lipinski definition) is 0. The molecular weight excluding hydrogens is 112 g/mol. The number of hydrogen-bond donors (Lipinski definition) is 0. The molecule has 4 heteroatoms. The number of rotatable bonds is 1. The van der Waals surface area contributed by atoms with E-state index in [1.54, 1.807) is 0 Å². The fraction of sp³-hybridized carbons (Fsp3) is 0. The Morgan fingerprint density at radius 1 is 2.75 bits per heavy atom. The van der Waals surface area contributed by atoms with Crippen LogP contribution < -0.4 is 0 Å².